The minimum atomic E-state index is -0.977. The average Bonchev–Trinajstić information content (AvgIpc) is 3.02. The molecule has 0 amide bonds. The maximum absolute atomic E-state index is 11.0. The lowest BCUT2D eigenvalue weighted by Crippen LogP contribution is -2.41. The normalized spacial score (nSPS) is 21.4. The second-order valence-corrected chi connectivity index (χ2v) is 9.63. The van der Waals surface area contributed by atoms with Gasteiger partial charge in [-0.3, -0.25) is 4.90 Å². The molecular formula is C22H28N4O2S. The molecule has 0 radical (unpaired) electrons. The van der Waals surface area contributed by atoms with Crippen LogP contribution in [0.3, 0.4) is 0 Å². The number of aromatic nitrogens is 2. The summed E-state index contributed by atoms with van der Waals surface area (Å²) in [5, 5.41) is 10.3. The van der Waals surface area contributed by atoms with Crippen LogP contribution < -0.4 is 4.90 Å². The summed E-state index contributed by atoms with van der Waals surface area (Å²) in [5.74, 6) is -0.424. The summed E-state index contributed by atoms with van der Waals surface area (Å²) in [6, 6.07) is 4.30. The molecule has 2 aromatic rings. The molecule has 154 valence electrons. The number of rotatable bonds is 4. The summed E-state index contributed by atoms with van der Waals surface area (Å²) in [7, 11) is 0. The number of hydrogen-bond donors (Lipinski definition) is 1. The van der Waals surface area contributed by atoms with Crippen LogP contribution in [0.15, 0.2) is 18.3 Å². The van der Waals surface area contributed by atoms with Crippen LogP contribution in [0.1, 0.15) is 64.1 Å². The summed E-state index contributed by atoms with van der Waals surface area (Å²) in [4.78, 5) is 26.7. The minimum Gasteiger partial charge on any atom is -0.477 e. The fraction of sp³-hybridized carbons (Fsp3) is 0.591. The zero-order valence-electron chi connectivity index (χ0n) is 16.7. The minimum absolute atomic E-state index is 0.101. The van der Waals surface area contributed by atoms with E-state index in [2.05, 4.69) is 14.8 Å². The molecule has 2 aromatic heterocycles. The highest BCUT2D eigenvalue weighted by Crippen LogP contribution is 2.36. The number of carbonyl (C=O) groups is 1. The molecule has 0 aromatic carbocycles. The Bertz CT molecular complexity index is 844. The van der Waals surface area contributed by atoms with Gasteiger partial charge < -0.3 is 10.0 Å². The number of pyridine rings is 1. The molecule has 1 saturated carbocycles. The molecule has 0 spiro atoms. The molecule has 6 nitrogen and oxygen atoms in total. The second-order valence-electron chi connectivity index (χ2n) is 8.51. The van der Waals surface area contributed by atoms with E-state index >= 15 is 0 Å². The third-order valence-electron chi connectivity index (χ3n) is 6.82. The molecule has 2 aliphatic heterocycles. The van der Waals surface area contributed by atoms with E-state index in [4.69, 9.17) is 10.1 Å². The first-order valence-corrected chi connectivity index (χ1v) is 11.7. The number of carboxylic acid groups (broad SMARTS) is 1. The predicted molar refractivity (Wildman–Crippen MR) is 114 cm³/mol. The number of nitrogens with zero attached hydrogens (tertiary/aromatic N) is 4. The van der Waals surface area contributed by atoms with E-state index in [1.54, 1.807) is 12.3 Å². The SMILES string of the molecule is O=C(O)c1ccc(N2CCC(c3nc4c(s3)CCN(C3CCC3)CC4)CC2)cn1. The summed E-state index contributed by atoms with van der Waals surface area (Å²) in [6.45, 7) is 4.33. The van der Waals surface area contributed by atoms with Crippen molar-refractivity contribution in [1.82, 2.24) is 14.9 Å². The highest BCUT2D eigenvalue weighted by Gasteiger charge is 2.29. The first-order valence-electron chi connectivity index (χ1n) is 10.8. The van der Waals surface area contributed by atoms with Crippen LogP contribution in [0.2, 0.25) is 0 Å². The largest absolute Gasteiger partial charge is 0.477 e. The van der Waals surface area contributed by atoms with E-state index in [-0.39, 0.29) is 5.69 Å². The summed E-state index contributed by atoms with van der Waals surface area (Å²) in [6.07, 6.45) is 10.3. The lowest BCUT2D eigenvalue weighted by Gasteiger charge is -2.36. The number of aromatic carboxylic acids is 1. The first kappa shape index (κ1) is 19.0. The number of carboxylic acids is 1. The Labute approximate surface area is 175 Å². The van der Waals surface area contributed by atoms with Gasteiger partial charge in [-0.1, -0.05) is 6.42 Å². The molecule has 3 aliphatic rings. The Hall–Kier alpha value is -1.99. The zero-order chi connectivity index (χ0) is 19.8. The molecule has 1 N–H and O–H groups in total. The molecule has 0 unspecified atom stereocenters. The number of piperidine rings is 1. The fourth-order valence-corrected chi connectivity index (χ4v) is 6.05. The lowest BCUT2D eigenvalue weighted by molar-refractivity contribution is 0.0690. The van der Waals surface area contributed by atoms with E-state index in [1.807, 2.05) is 17.4 Å². The predicted octanol–water partition coefficient (Wildman–Crippen LogP) is 3.57. The molecule has 1 saturated heterocycles. The molecular weight excluding hydrogens is 384 g/mol. The number of thiazole rings is 1. The molecule has 7 heteroatoms. The van der Waals surface area contributed by atoms with E-state index in [0.29, 0.717) is 5.92 Å². The molecule has 29 heavy (non-hydrogen) atoms. The number of fused-ring (bicyclic) bond motifs is 1. The lowest BCUT2D eigenvalue weighted by atomic mass is 9.91. The van der Waals surface area contributed by atoms with E-state index < -0.39 is 5.97 Å². The van der Waals surface area contributed by atoms with Gasteiger partial charge in [-0.05, 0) is 44.2 Å². The Morgan fingerprint density at radius 1 is 1.07 bits per heavy atom. The first-order chi connectivity index (χ1) is 14.2. The topological polar surface area (TPSA) is 69.6 Å². The van der Waals surface area contributed by atoms with Crippen LogP contribution >= 0.6 is 11.3 Å². The monoisotopic (exact) mass is 412 g/mol. The van der Waals surface area contributed by atoms with E-state index in [0.717, 1.165) is 44.1 Å². The Balaban J connectivity index is 1.19. The molecule has 4 heterocycles. The van der Waals surface area contributed by atoms with Crippen LogP contribution in [0.25, 0.3) is 0 Å². The van der Waals surface area contributed by atoms with E-state index in [9.17, 15) is 4.79 Å². The van der Waals surface area contributed by atoms with Gasteiger partial charge in [-0.15, -0.1) is 11.3 Å². The van der Waals surface area contributed by atoms with Gasteiger partial charge in [0.05, 0.1) is 22.6 Å². The van der Waals surface area contributed by atoms with Crippen molar-refractivity contribution in [3.05, 3.63) is 39.6 Å². The Kier molecular flexibility index (Phi) is 5.26. The van der Waals surface area contributed by atoms with Gasteiger partial charge >= 0.3 is 5.97 Å². The van der Waals surface area contributed by atoms with Crippen LogP contribution in [0.4, 0.5) is 5.69 Å². The zero-order valence-corrected chi connectivity index (χ0v) is 17.5. The van der Waals surface area contributed by atoms with E-state index in [1.165, 1.54) is 54.4 Å². The number of hydrogen-bond acceptors (Lipinski definition) is 6. The summed E-state index contributed by atoms with van der Waals surface area (Å²) in [5.41, 5.74) is 2.48. The van der Waals surface area contributed by atoms with Crippen molar-refractivity contribution in [3.8, 4) is 0 Å². The quantitative estimate of drug-likeness (QED) is 0.828. The standard InChI is InChI=1S/C22H28N4O2S/c27-22(28)19-5-4-17(14-23-19)26-10-6-15(7-11-26)21-24-18-8-12-25(16-2-1-3-16)13-9-20(18)29-21/h4-5,14-16H,1-3,6-13H2,(H,27,28). The van der Waals surface area contributed by atoms with Gasteiger partial charge in [0, 0.05) is 49.4 Å². The Morgan fingerprint density at radius 3 is 2.52 bits per heavy atom. The Morgan fingerprint density at radius 2 is 1.86 bits per heavy atom. The maximum atomic E-state index is 11.0. The number of anilines is 1. The summed E-state index contributed by atoms with van der Waals surface area (Å²) < 4.78 is 0. The van der Waals surface area contributed by atoms with Gasteiger partial charge in [-0.25, -0.2) is 14.8 Å². The molecule has 0 atom stereocenters. The molecule has 5 rings (SSSR count). The van der Waals surface area contributed by atoms with Crippen LogP contribution in [-0.4, -0.2) is 58.2 Å². The molecule has 0 bridgehead atoms. The van der Waals surface area contributed by atoms with Crippen LogP contribution in [0, 0.1) is 0 Å². The third kappa shape index (κ3) is 3.90. The highest BCUT2D eigenvalue weighted by atomic mass is 32.1. The van der Waals surface area contributed by atoms with Crippen molar-refractivity contribution < 1.29 is 9.90 Å². The molecule has 2 fully saturated rings. The summed E-state index contributed by atoms with van der Waals surface area (Å²) >= 11 is 1.96. The van der Waals surface area contributed by atoms with Gasteiger partial charge in [0.25, 0.3) is 0 Å². The smallest absolute Gasteiger partial charge is 0.354 e. The van der Waals surface area contributed by atoms with Gasteiger partial charge in [0.15, 0.2) is 0 Å². The second kappa shape index (κ2) is 8.03. The van der Waals surface area contributed by atoms with Crippen molar-refractivity contribution in [2.75, 3.05) is 31.1 Å². The van der Waals surface area contributed by atoms with Crippen molar-refractivity contribution in [2.24, 2.45) is 0 Å². The van der Waals surface area contributed by atoms with Crippen molar-refractivity contribution in [3.63, 3.8) is 0 Å². The van der Waals surface area contributed by atoms with Crippen LogP contribution in [0.5, 0.6) is 0 Å². The van der Waals surface area contributed by atoms with Crippen molar-refractivity contribution in [2.45, 2.75) is 56.9 Å². The fourth-order valence-electron chi connectivity index (χ4n) is 4.78. The van der Waals surface area contributed by atoms with Crippen LogP contribution in [-0.2, 0) is 12.8 Å². The van der Waals surface area contributed by atoms with Gasteiger partial charge in [0.1, 0.15) is 5.69 Å². The van der Waals surface area contributed by atoms with Crippen molar-refractivity contribution in [1.29, 1.82) is 0 Å². The molecule has 1 aliphatic carbocycles. The maximum Gasteiger partial charge on any atom is 0.354 e. The highest BCUT2D eigenvalue weighted by molar-refractivity contribution is 7.11. The third-order valence-corrected chi connectivity index (χ3v) is 8.14. The average molecular weight is 413 g/mol. The van der Waals surface area contributed by atoms with Crippen molar-refractivity contribution >= 4 is 23.0 Å². The van der Waals surface area contributed by atoms with Gasteiger partial charge in [0.2, 0.25) is 0 Å². The van der Waals surface area contributed by atoms with Gasteiger partial charge in [-0.2, -0.15) is 0 Å².